The van der Waals surface area contributed by atoms with Gasteiger partial charge in [-0.2, -0.15) is 13.6 Å². The van der Waals surface area contributed by atoms with Crippen molar-refractivity contribution in [3.63, 3.8) is 0 Å². The third kappa shape index (κ3) is 6.67. The number of nitrogens with zero attached hydrogens (tertiary/aromatic N) is 2. The fraction of sp³-hybridized carbons (Fsp3) is 0.467. The number of nitrogens with two attached hydrogens (primary N) is 1. The zero-order chi connectivity index (χ0) is 28.0. The van der Waals surface area contributed by atoms with Crippen LogP contribution in [0.25, 0.3) is 11.0 Å². The van der Waals surface area contributed by atoms with Crippen LogP contribution in [0.4, 0.5) is 10.3 Å². The van der Waals surface area contributed by atoms with Crippen LogP contribution in [0.2, 0.25) is 0 Å². The lowest BCUT2D eigenvalue weighted by molar-refractivity contribution is -0.0727. The Morgan fingerprint density at radius 1 is 1.32 bits per heavy atom. The van der Waals surface area contributed by atoms with Gasteiger partial charge in [-0.25, -0.2) is 18.1 Å². The fourth-order valence-corrected chi connectivity index (χ4v) is 7.01. The van der Waals surface area contributed by atoms with E-state index in [0.29, 0.717) is 0 Å². The lowest BCUT2D eigenvalue weighted by atomic mass is 9.96. The summed E-state index contributed by atoms with van der Waals surface area (Å²) in [5.41, 5.74) is 4.88. The van der Waals surface area contributed by atoms with Gasteiger partial charge in [0.25, 0.3) is 5.56 Å². The topological polar surface area (TPSA) is 266 Å². The Morgan fingerprint density at radius 3 is 2.57 bits per heavy atom. The maximum absolute atomic E-state index is 12.9. The molecule has 22 heteroatoms. The number of phosphoric acid groups is 3. The zero-order valence-corrected chi connectivity index (χ0v) is 21.7. The molecule has 3 unspecified atom stereocenters. The van der Waals surface area contributed by atoms with Gasteiger partial charge in [0.2, 0.25) is 5.95 Å². The number of H-pyrrole nitrogens is 1. The monoisotopic (exact) mass is 610 g/mol. The standard InChI is InChI=1S/C15H19ClFN4O13P3/c1-7(32-36(27,28)34-37(29,30)33-35(24,25)26)9-10(22)15(16,4-2-5-17)13(31-9)21-6-3-8-11(21)19-14(18)20-12(8)23/h3,6-7,9-10,13,22H,5H2,1H3,(H,27,28)(H,29,30)(H2,24,25,26)(H3,18,19,20,23)/t7-,9-,10+,13-,15?/m1/s1. The van der Waals surface area contributed by atoms with Gasteiger partial charge >= 0.3 is 23.5 Å². The molecule has 0 amide bonds. The molecule has 1 aliphatic heterocycles. The molecule has 0 radical (unpaired) electrons. The van der Waals surface area contributed by atoms with Crippen LogP contribution in [-0.2, 0) is 31.6 Å². The minimum absolute atomic E-state index is 0.0227. The van der Waals surface area contributed by atoms with Crippen molar-refractivity contribution in [1.82, 2.24) is 14.5 Å². The second kappa shape index (κ2) is 10.5. The summed E-state index contributed by atoms with van der Waals surface area (Å²) in [5, 5.41) is 10.9. The third-order valence-corrected chi connectivity index (χ3v) is 9.20. The number of phosphoric ester groups is 1. The maximum atomic E-state index is 12.9. The van der Waals surface area contributed by atoms with E-state index in [0.717, 1.165) is 11.5 Å². The molecule has 0 spiro atoms. The predicted molar refractivity (Wildman–Crippen MR) is 121 cm³/mol. The van der Waals surface area contributed by atoms with Gasteiger partial charge in [0, 0.05) is 6.20 Å². The second-order valence-corrected chi connectivity index (χ2v) is 12.4. The number of aromatic nitrogens is 3. The summed E-state index contributed by atoms with van der Waals surface area (Å²) in [6.45, 7) is -0.157. The van der Waals surface area contributed by atoms with Gasteiger partial charge in [0.15, 0.2) is 16.7 Å². The average Bonchev–Trinajstić information content (AvgIpc) is 3.23. The van der Waals surface area contributed by atoms with Crippen LogP contribution < -0.4 is 11.3 Å². The molecule has 0 bridgehead atoms. The highest BCUT2D eigenvalue weighted by Gasteiger charge is 2.58. The van der Waals surface area contributed by atoms with Crippen LogP contribution in [0.5, 0.6) is 0 Å². The van der Waals surface area contributed by atoms with Crippen LogP contribution in [0, 0.1) is 11.8 Å². The lowest BCUT2D eigenvalue weighted by Gasteiger charge is -2.26. The number of aliphatic hydroxyl groups excluding tert-OH is 1. The van der Waals surface area contributed by atoms with Crippen LogP contribution in [0.1, 0.15) is 13.2 Å². The number of aliphatic hydroxyl groups is 1. The third-order valence-electron chi connectivity index (χ3n) is 4.76. The SMILES string of the molecule is C[C@@H](OP(=O)(O)OP(=O)(O)OP(=O)(O)O)[C@H]1O[C@@H](n2ccc3c(=O)[nH]c(N)nc32)C(Cl)(C#CCF)[C@H]1O. The molecule has 2 aromatic rings. The molecular weight excluding hydrogens is 592 g/mol. The number of nitrogens with one attached hydrogen (secondary N) is 1. The van der Waals surface area contributed by atoms with Crippen LogP contribution in [0.3, 0.4) is 0 Å². The normalized spacial score (nSPS) is 28.3. The number of hydrogen-bond donors (Lipinski definition) is 7. The first-order valence-electron chi connectivity index (χ1n) is 9.66. The van der Waals surface area contributed by atoms with Gasteiger partial charge in [-0.15, -0.1) is 0 Å². The van der Waals surface area contributed by atoms with E-state index in [2.05, 4.69) is 29.0 Å². The number of aromatic amines is 1. The van der Waals surface area contributed by atoms with E-state index < -0.39 is 65.1 Å². The number of halogens is 2. The summed E-state index contributed by atoms with van der Waals surface area (Å²) < 4.78 is 66.2. The highest BCUT2D eigenvalue weighted by molar-refractivity contribution is 7.66. The van der Waals surface area contributed by atoms with Crippen molar-refractivity contribution in [1.29, 1.82) is 0 Å². The van der Waals surface area contributed by atoms with E-state index in [-0.39, 0.29) is 17.0 Å². The highest BCUT2D eigenvalue weighted by atomic mass is 35.5. The summed E-state index contributed by atoms with van der Waals surface area (Å²) in [7, 11) is -17.1. The Bertz CT molecular complexity index is 1450. The first-order valence-corrected chi connectivity index (χ1v) is 14.6. The number of rotatable bonds is 8. The van der Waals surface area contributed by atoms with Gasteiger partial charge in [0.05, 0.1) is 11.5 Å². The van der Waals surface area contributed by atoms with Crippen LogP contribution in [-0.4, -0.2) is 69.1 Å². The van der Waals surface area contributed by atoms with E-state index in [4.69, 9.17) is 31.9 Å². The molecule has 206 valence electrons. The molecule has 17 nitrogen and oxygen atoms in total. The summed E-state index contributed by atoms with van der Waals surface area (Å²) in [4.78, 5) is 52.6. The van der Waals surface area contributed by atoms with Crippen LogP contribution in [0.15, 0.2) is 17.1 Å². The Labute approximate surface area is 210 Å². The van der Waals surface area contributed by atoms with E-state index >= 15 is 0 Å². The number of anilines is 1. The minimum atomic E-state index is -5.82. The Balaban J connectivity index is 1.95. The van der Waals surface area contributed by atoms with Gasteiger partial charge < -0.3 is 39.7 Å². The summed E-state index contributed by atoms with van der Waals surface area (Å²) in [6.07, 6.45) is -5.55. The van der Waals surface area contributed by atoms with Crippen molar-refractivity contribution in [3.05, 3.63) is 22.6 Å². The summed E-state index contributed by atoms with van der Waals surface area (Å²) >= 11 is 6.54. The Kier molecular flexibility index (Phi) is 8.46. The van der Waals surface area contributed by atoms with Gasteiger partial charge in [-0.3, -0.25) is 14.3 Å². The van der Waals surface area contributed by atoms with Crippen molar-refractivity contribution in [2.75, 3.05) is 12.4 Å². The molecule has 1 aliphatic rings. The van der Waals surface area contributed by atoms with Gasteiger partial charge in [-0.05, 0) is 13.0 Å². The first kappa shape index (κ1) is 29.9. The van der Waals surface area contributed by atoms with Crippen molar-refractivity contribution in [3.8, 4) is 11.8 Å². The molecule has 7 atom stereocenters. The van der Waals surface area contributed by atoms with E-state index in [9.17, 15) is 37.8 Å². The number of alkyl halides is 2. The molecule has 1 saturated heterocycles. The minimum Gasteiger partial charge on any atom is -0.387 e. The van der Waals surface area contributed by atoms with E-state index in [1.807, 2.05) is 5.92 Å². The van der Waals surface area contributed by atoms with Crippen molar-refractivity contribution < 1.29 is 60.6 Å². The number of hydrogen-bond acceptors (Lipinski definition) is 11. The van der Waals surface area contributed by atoms with E-state index in [1.54, 1.807) is 0 Å². The van der Waals surface area contributed by atoms with Crippen molar-refractivity contribution in [2.24, 2.45) is 0 Å². The highest BCUT2D eigenvalue weighted by Crippen LogP contribution is 2.66. The predicted octanol–water partition coefficient (Wildman–Crippen LogP) is 0.247. The van der Waals surface area contributed by atoms with Gasteiger partial charge in [0.1, 0.15) is 18.9 Å². The maximum Gasteiger partial charge on any atom is 0.490 e. The number of ether oxygens (including phenoxy) is 1. The fourth-order valence-electron chi connectivity index (χ4n) is 3.47. The largest absolute Gasteiger partial charge is 0.490 e. The van der Waals surface area contributed by atoms with E-state index in [1.165, 1.54) is 12.3 Å². The lowest BCUT2D eigenvalue weighted by Crippen LogP contribution is -2.43. The summed E-state index contributed by atoms with van der Waals surface area (Å²) in [6, 6.07) is 1.30. The quantitative estimate of drug-likeness (QED) is 0.120. The van der Waals surface area contributed by atoms with Crippen molar-refractivity contribution >= 4 is 52.1 Å². The Morgan fingerprint density at radius 2 is 1.97 bits per heavy atom. The summed E-state index contributed by atoms with van der Waals surface area (Å²) in [5.74, 6) is 4.04. The molecule has 3 rings (SSSR count). The first-order chi connectivity index (χ1) is 16.9. The average molecular weight is 611 g/mol. The molecule has 3 heterocycles. The zero-order valence-electron chi connectivity index (χ0n) is 18.2. The molecule has 0 saturated carbocycles. The molecular formula is C15H19ClFN4O13P3. The molecule has 1 fully saturated rings. The number of nitrogen functional groups attached to an aromatic ring is 1. The second-order valence-electron chi connectivity index (χ2n) is 7.41. The van der Waals surface area contributed by atoms with Crippen molar-refractivity contribution in [2.45, 2.75) is 36.3 Å². The molecule has 2 aromatic heterocycles. The van der Waals surface area contributed by atoms with Crippen LogP contribution >= 0.6 is 35.1 Å². The number of fused-ring (bicyclic) bond motifs is 1. The van der Waals surface area contributed by atoms with Gasteiger partial charge in [-0.1, -0.05) is 23.4 Å². The molecule has 0 aliphatic carbocycles. The smallest absolute Gasteiger partial charge is 0.387 e. The molecule has 37 heavy (non-hydrogen) atoms. The Hall–Kier alpha value is -1.67. The molecule has 8 N–H and O–H groups in total. The molecule has 0 aromatic carbocycles.